The Kier molecular flexibility index (Phi) is 6.51. The van der Waals surface area contributed by atoms with Crippen LogP contribution in [0.4, 0.5) is 0 Å². The van der Waals surface area contributed by atoms with E-state index in [0.717, 1.165) is 17.7 Å². The number of aliphatic carboxylic acids is 1. The third kappa shape index (κ3) is 5.57. The van der Waals surface area contributed by atoms with Crippen molar-refractivity contribution in [3.63, 3.8) is 0 Å². The third-order valence-electron chi connectivity index (χ3n) is 4.36. The topological polar surface area (TPSA) is 66.4 Å². The zero-order valence-electron chi connectivity index (χ0n) is 13.7. The molecule has 0 bridgehead atoms. The van der Waals surface area contributed by atoms with Crippen molar-refractivity contribution in [3.05, 3.63) is 29.8 Å². The van der Waals surface area contributed by atoms with E-state index in [4.69, 9.17) is 5.11 Å². The zero-order valence-corrected chi connectivity index (χ0v) is 14.6. The van der Waals surface area contributed by atoms with Crippen LogP contribution in [-0.2, 0) is 9.59 Å². The zero-order chi connectivity index (χ0) is 16.8. The number of hydrogen-bond acceptors (Lipinski definition) is 3. The van der Waals surface area contributed by atoms with Crippen molar-refractivity contribution in [2.75, 3.05) is 5.75 Å². The van der Waals surface area contributed by atoms with Crippen LogP contribution >= 0.6 is 11.8 Å². The van der Waals surface area contributed by atoms with Gasteiger partial charge in [0.05, 0.1) is 11.7 Å². The Morgan fingerprint density at radius 2 is 1.78 bits per heavy atom. The van der Waals surface area contributed by atoms with Crippen molar-refractivity contribution in [2.45, 2.75) is 56.4 Å². The van der Waals surface area contributed by atoms with Gasteiger partial charge in [-0.15, -0.1) is 11.8 Å². The summed E-state index contributed by atoms with van der Waals surface area (Å²) in [7, 11) is 0. The molecule has 1 amide bonds. The summed E-state index contributed by atoms with van der Waals surface area (Å²) in [5, 5.41) is 12.0. The van der Waals surface area contributed by atoms with Crippen LogP contribution in [0.3, 0.4) is 0 Å². The molecule has 0 heterocycles. The largest absolute Gasteiger partial charge is 0.481 e. The summed E-state index contributed by atoms with van der Waals surface area (Å²) < 4.78 is 0. The standard InChI is InChI=1S/C18H25NO3S/c1-12(2)13-5-9-16(10-6-13)23-11-17(20)19-15-7-3-14(4-8-15)18(21)22/h5-6,9-10,12,14-15H,3-4,7-8,11H2,1-2H3,(H,19,20)(H,21,22). The fourth-order valence-corrected chi connectivity index (χ4v) is 3.56. The summed E-state index contributed by atoms with van der Waals surface area (Å²) in [6.45, 7) is 4.32. The lowest BCUT2D eigenvalue weighted by Gasteiger charge is -2.26. The highest BCUT2D eigenvalue weighted by molar-refractivity contribution is 8.00. The first-order valence-electron chi connectivity index (χ1n) is 8.20. The number of rotatable bonds is 6. The van der Waals surface area contributed by atoms with E-state index in [9.17, 15) is 9.59 Å². The molecule has 0 atom stereocenters. The smallest absolute Gasteiger partial charge is 0.306 e. The molecular formula is C18H25NO3S. The Hall–Kier alpha value is -1.49. The molecule has 1 saturated carbocycles. The fraction of sp³-hybridized carbons (Fsp3) is 0.556. The fourth-order valence-electron chi connectivity index (χ4n) is 2.85. The summed E-state index contributed by atoms with van der Waals surface area (Å²) in [6, 6.07) is 8.47. The molecule has 1 aromatic rings. The van der Waals surface area contributed by atoms with Crippen LogP contribution in [0.1, 0.15) is 51.0 Å². The molecule has 0 radical (unpaired) electrons. The first kappa shape index (κ1) is 17.9. The van der Waals surface area contributed by atoms with Crippen LogP contribution in [0.15, 0.2) is 29.2 Å². The van der Waals surface area contributed by atoms with E-state index in [1.54, 1.807) is 0 Å². The Balaban J connectivity index is 1.72. The summed E-state index contributed by atoms with van der Waals surface area (Å²) >= 11 is 1.54. The molecule has 5 heteroatoms. The molecule has 1 fully saturated rings. The number of amides is 1. The number of carboxylic acid groups (broad SMARTS) is 1. The van der Waals surface area contributed by atoms with Gasteiger partial charge in [0.2, 0.25) is 5.91 Å². The molecule has 2 rings (SSSR count). The highest BCUT2D eigenvalue weighted by Crippen LogP contribution is 2.25. The van der Waals surface area contributed by atoms with Crippen molar-refractivity contribution < 1.29 is 14.7 Å². The van der Waals surface area contributed by atoms with Gasteiger partial charge in [0.15, 0.2) is 0 Å². The Labute approximate surface area is 142 Å². The van der Waals surface area contributed by atoms with E-state index in [1.807, 2.05) is 0 Å². The number of carbonyl (C=O) groups is 2. The first-order chi connectivity index (χ1) is 11.0. The molecule has 126 valence electrons. The van der Waals surface area contributed by atoms with Gasteiger partial charge in [-0.2, -0.15) is 0 Å². The quantitative estimate of drug-likeness (QED) is 0.779. The highest BCUT2D eigenvalue weighted by Gasteiger charge is 2.26. The van der Waals surface area contributed by atoms with Gasteiger partial charge in [0.1, 0.15) is 0 Å². The summed E-state index contributed by atoms with van der Waals surface area (Å²) in [5.41, 5.74) is 1.30. The van der Waals surface area contributed by atoms with Crippen molar-refractivity contribution in [1.82, 2.24) is 5.32 Å². The molecule has 1 aliphatic carbocycles. The second-order valence-electron chi connectivity index (χ2n) is 6.47. The number of benzene rings is 1. The van der Waals surface area contributed by atoms with E-state index in [2.05, 4.69) is 43.4 Å². The van der Waals surface area contributed by atoms with Gasteiger partial charge in [-0.3, -0.25) is 9.59 Å². The molecule has 4 nitrogen and oxygen atoms in total. The van der Waals surface area contributed by atoms with Gasteiger partial charge in [0.25, 0.3) is 0 Å². The molecular weight excluding hydrogens is 310 g/mol. The number of nitrogens with one attached hydrogen (secondary N) is 1. The number of carboxylic acids is 1. The molecule has 23 heavy (non-hydrogen) atoms. The predicted molar refractivity (Wildman–Crippen MR) is 92.8 cm³/mol. The second kappa shape index (κ2) is 8.39. The van der Waals surface area contributed by atoms with Gasteiger partial charge in [0, 0.05) is 10.9 Å². The van der Waals surface area contributed by atoms with Gasteiger partial charge in [-0.25, -0.2) is 0 Å². The van der Waals surface area contributed by atoms with Crippen LogP contribution in [-0.4, -0.2) is 28.8 Å². The van der Waals surface area contributed by atoms with E-state index in [-0.39, 0.29) is 17.9 Å². The van der Waals surface area contributed by atoms with E-state index in [1.165, 1.54) is 17.3 Å². The number of thioether (sulfide) groups is 1. The SMILES string of the molecule is CC(C)c1ccc(SCC(=O)NC2CCC(C(=O)O)CC2)cc1. The number of hydrogen-bond donors (Lipinski definition) is 2. The van der Waals surface area contributed by atoms with Gasteiger partial charge < -0.3 is 10.4 Å². The molecule has 1 aliphatic rings. The molecule has 0 spiro atoms. The lowest BCUT2D eigenvalue weighted by molar-refractivity contribution is -0.142. The van der Waals surface area contributed by atoms with Crippen molar-refractivity contribution in [1.29, 1.82) is 0 Å². The van der Waals surface area contributed by atoms with Crippen LogP contribution in [0.2, 0.25) is 0 Å². The predicted octanol–water partition coefficient (Wildman–Crippen LogP) is 3.66. The van der Waals surface area contributed by atoms with Gasteiger partial charge in [-0.1, -0.05) is 26.0 Å². The normalized spacial score (nSPS) is 21.2. The minimum atomic E-state index is -0.713. The highest BCUT2D eigenvalue weighted by atomic mass is 32.2. The molecule has 0 unspecified atom stereocenters. The maximum absolute atomic E-state index is 12.0. The summed E-state index contributed by atoms with van der Waals surface area (Å²) in [5.74, 6) is -0.00737. The minimum Gasteiger partial charge on any atom is -0.481 e. The maximum Gasteiger partial charge on any atom is 0.306 e. The average Bonchev–Trinajstić information content (AvgIpc) is 2.54. The van der Waals surface area contributed by atoms with Crippen molar-refractivity contribution in [2.24, 2.45) is 5.92 Å². The van der Waals surface area contributed by atoms with Crippen molar-refractivity contribution >= 4 is 23.6 Å². The second-order valence-corrected chi connectivity index (χ2v) is 7.52. The van der Waals surface area contributed by atoms with Crippen LogP contribution in [0.25, 0.3) is 0 Å². The first-order valence-corrected chi connectivity index (χ1v) is 9.19. The maximum atomic E-state index is 12.0. The van der Waals surface area contributed by atoms with E-state index in [0.29, 0.717) is 24.5 Å². The van der Waals surface area contributed by atoms with E-state index < -0.39 is 5.97 Å². The van der Waals surface area contributed by atoms with Crippen molar-refractivity contribution in [3.8, 4) is 0 Å². The van der Waals surface area contributed by atoms with Crippen LogP contribution in [0, 0.1) is 5.92 Å². The average molecular weight is 335 g/mol. The Bertz CT molecular complexity index is 534. The van der Waals surface area contributed by atoms with E-state index >= 15 is 0 Å². The Morgan fingerprint density at radius 3 is 2.30 bits per heavy atom. The molecule has 0 aliphatic heterocycles. The van der Waals surface area contributed by atoms with Crippen LogP contribution in [0.5, 0.6) is 0 Å². The summed E-state index contributed by atoms with van der Waals surface area (Å²) in [4.78, 5) is 24.0. The lowest BCUT2D eigenvalue weighted by Crippen LogP contribution is -2.39. The molecule has 0 saturated heterocycles. The third-order valence-corrected chi connectivity index (χ3v) is 5.37. The Morgan fingerprint density at radius 1 is 1.17 bits per heavy atom. The molecule has 2 N–H and O–H groups in total. The van der Waals surface area contributed by atoms with Gasteiger partial charge >= 0.3 is 5.97 Å². The monoisotopic (exact) mass is 335 g/mol. The molecule has 0 aromatic heterocycles. The number of carbonyl (C=O) groups excluding carboxylic acids is 1. The molecule has 1 aromatic carbocycles. The minimum absolute atomic E-state index is 0.0294. The van der Waals surface area contributed by atoms with Crippen LogP contribution < -0.4 is 5.32 Å². The van der Waals surface area contributed by atoms with Gasteiger partial charge in [-0.05, 0) is 49.3 Å². The lowest BCUT2D eigenvalue weighted by atomic mass is 9.86. The summed E-state index contributed by atoms with van der Waals surface area (Å²) in [6.07, 6.45) is 2.83.